The summed E-state index contributed by atoms with van der Waals surface area (Å²) in [5.41, 5.74) is 9.18. The number of rotatable bonds is 4. The minimum atomic E-state index is -0.221. The van der Waals surface area contributed by atoms with Crippen LogP contribution in [-0.2, 0) is 11.8 Å². The van der Waals surface area contributed by atoms with Crippen molar-refractivity contribution in [2.45, 2.75) is 32.6 Å². The standard InChI is InChI=1S/C27H25Si/c1-19-11-10-14-23(17-19)25-20(2)21(3)26(28)27(25,24-15-8-5-9-16-24)18-22-12-6-4-7-13-22/h4-17H,18H2,1-3H3. The fraction of sp³-hybridized carbons (Fsp3) is 0.185. The SMILES string of the molecule is CC1=C([Si])C(Cc2ccccc2)(c2ccccc2)C(c2cccc(C)c2)=C1C. The molecule has 1 atom stereocenters. The van der Waals surface area contributed by atoms with Gasteiger partial charge in [-0.3, -0.25) is 0 Å². The smallest absolute Gasteiger partial charge is 0.0672 e. The lowest BCUT2D eigenvalue weighted by molar-refractivity contribution is 0.676. The largest absolute Gasteiger partial charge is 0.0704 e. The average Bonchev–Trinajstić information content (AvgIpc) is 2.91. The van der Waals surface area contributed by atoms with E-state index in [9.17, 15) is 0 Å². The van der Waals surface area contributed by atoms with Crippen molar-refractivity contribution in [3.63, 3.8) is 0 Å². The lowest BCUT2D eigenvalue weighted by atomic mass is 9.69. The van der Waals surface area contributed by atoms with Gasteiger partial charge >= 0.3 is 0 Å². The van der Waals surface area contributed by atoms with E-state index in [0.717, 1.165) is 6.42 Å². The summed E-state index contributed by atoms with van der Waals surface area (Å²) in [6.07, 6.45) is 0.925. The molecule has 0 aromatic heterocycles. The van der Waals surface area contributed by atoms with E-state index in [1.165, 1.54) is 44.2 Å². The molecule has 137 valence electrons. The van der Waals surface area contributed by atoms with Gasteiger partial charge in [0, 0.05) is 5.41 Å². The first-order valence-electron chi connectivity index (χ1n) is 9.85. The maximum absolute atomic E-state index is 4.12. The molecular weight excluding hydrogens is 352 g/mol. The summed E-state index contributed by atoms with van der Waals surface area (Å²) >= 11 is 0. The normalized spacial score (nSPS) is 19.4. The molecule has 0 spiro atoms. The second-order valence-electron chi connectivity index (χ2n) is 7.80. The van der Waals surface area contributed by atoms with Crippen LogP contribution in [0.2, 0.25) is 0 Å². The molecule has 4 rings (SSSR count). The Hall–Kier alpha value is -2.64. The van der Waals surface area contributed by atoms with Gasteiger partial charge in [0.15, 0.2) is 0 Å². The van der Waals surface area contributed by atoms with E-state index in [1.54, 1.807) is 0 Å². The Morgan fingerprint density at radius 2 is 1.36 bits per heavy atom. The molecule has 3 radical (unpaired) electrons. The van der Waals surface area contributed by atoms with E-state index in [1.807, 2.05) is 0 Å². The maximum atomic E-state index is 4.12. The second kappa shape index (κ2) is 7.41. The van der Waals surface area contributed by atoms with Gasteiger partial charge in [0.25, 0.3) is 0 Å². The predicted molar refractivity (Wildman–Crippen MR) is 120 cm³/mol. The summed E-state index contributed by atoms with van der Waals surface area (Å²) in [6, 6.07) is 30.7. The lowest BCUT2D eigenvalue weighted by Gasteiger charge is -2.37. The minimum absolute atomic E-state index is 0.221. The third-order valence-corrected chi connectivity index (χ3v) is 6.85. The zero-order chi connectivity index (χ0) is 19.7. The molecule has 0 saturated carbocycles. The van der Waals surface area contributed by atoms with Crippen LogP contribution < -0.4 is 0 Å². The molecule has 1 aliphatic carbocycles. The van der Waals surface area contributed by atoms with Gasteiger partial charge in [0.2, 0.25) is 0 Å². The van der Waals surface area contributed by atoms with Crippen molar-refractivity contribution < 1.29 is 0 Å². The topological polar surface area (TPSA) is 0 Å². The van der Waals surface area contributed by atoms with Gasteiger partial charge in [-0.15, -0.1) is 0 Å². The van der Waals surface area contributed by atoms with Crippen LogP contribution in [0.25, 0.3) is 5.57 Å². The van der Waals surface area contributed by atoms with E-state index < -0.39 is 0 Å². The molecule has 0 nitrogen and oxygen atoms in total. The van der Waals surface area contributed by atoms with E-state index >= 15 is 0 Å². The van der Waals surface area contributed by atoms with Crippen molar-refractivity contribution >= 4 is 15.8 Å². The molecule has 0 N–H and O–H groups in total. The first kappa shape index (κ1) is 18.7. The Morgan fingerprint density at radius 3 is 2.00 bits per heavy atom. The quantitative estimate of drug-likeness (QED) is 0.461. The highest BCUT2D eigenvalue weighted by atomic mass is 28.1. The molecule has 1 aliphatic rings. The second-order valence-corrected chi connectivity index (χ2v) is 8.30. The first-order valence-corrected chi connectivity index (χ1v) is 10.3. The van der Waals surface area contributed by atoms with E-state index in [4.69, 9.17) is 0 Å². The molecule has 0 heterocycles. The maximum Gasteiger partial charge on any atom is 0.0672 e. The van der Waals surface area contributed by atoms with Crippen LogP contribution in [0.4, 0.5) is 0 Å². The lowest BCUT2D eigenvalue weighted by Crippen LogP contribution is -2.32. The van der Waals surface area contributed by atoms with Crippen LogP contribution in [0.1, 0.15) is 36.1 Å². The zero-order valence-corrected chi connectivity index (χ0v) is 17.8. The van der Waals surface area contributed by atoms with E-state index in [-0.39, 0.29) is 5.41 Å². The molecule has 0 fully saturated rings. The number of allylic oxidation sites excluding steroid dienone is 4. The number of benzene rings is 3. The van der Waals surface area contributed by atoms with Crippen LogP contribution >= 0.6 is 0 Å². The Balaban J connectivity index is 2.02. The summed E-state index contributed by atoms with van der Waals surface area (Å²) in [6.45, 7) is 6.68. The summed E-state index contributed by atoms with van der Waals surface area (Å²) in [5.74, 6) is 0. The fourth-order valence-corrected chi connectivity index (χ4v) is 5.14. The van der Waals surface area contributed by atoms with Crippen molar-refractivity contribution in [3.8, 4) is 0 Å². The van der Waals surface area contributed by atoms with Crippen LogP contribution in [-0.4, -0.2) is 10.2 Å². The van der Waals surface area contributed by atoms with E-state index in [2.05, 4.69) is 116 Å². The molecule has 0 aliphatic heterocycles. The summed E-state index contributed by atoms with van der Waals surface area (Å²) in [4.78, 5) is 0. The Bertz CT molecular complexity index is 1060. The monoisotopic (exact) mass is 377 g/mol. The first-order chi connectivity index (χ1) is 13.5. The highest BCUT2D eigenvalue weighted by Crippen LogP contribution is 2.54. The zero-order valence-electron chi connectivity index (χ0n) is 16.8. The van der Waals surface area contributed by atoms with Gasteiger partial charge in [-0.25, -0.2) is 0 Å². The average molecular weight is 378 g/mol. The number of aryl methyl sites for hydroxylation is 1. The van der Waals surface area contributed by atoms with Crippen molar-refractivity contribution in [2.24, 2.45) is 0 Å². The van der Waals surface area contributed by atoms with Crippen molar-refractivity contribution in [2.75, 3.05) is 0 Å². The van der Waals surface area contributed by atoms with Gasteiger partial charge in [0.05, 0.1) is 10.2 Å². The molecule has 1 heteroatoms. The molecule has 0 bridgehead atoms. The molecule has 1 unspecified atom stereocenters. The number of hydrogen-bond donors (Lipinski definition) is 0. The Labute approximate surface area is 172 Å². The highest BCUT2D eigenvalue weighted by Gasteiger charge is 2.44. The molecule has 3 aromatic carbocycles. The molecule has 0 amide bonds. The number of hydrogen-bond acceptors (Lipinski definition) is 0. The third-order valence-electron chi connectivity index (χ3n) is 6.05. The van der Waals surface area contributed by atoms with Crippen LogP contribution in [0.15, 0.2) is 101 Å². The minimum Gasteiger partial charge on any atom is -0.0704 e. The molecular formula is C27H25Si. The predicted octanol–water partition coefficient (Wildman–Crippen LogP) is 6.41. The Morgan fingerprint density at radius 1 is 0.714 bits per heavy atom. The highest BCUT2D eigenvalue weighted by molar-refractivity contribution is 6.27. The van der Waals surface area contributed by atoms with Gasteiger partial charge in [-0.05, 0) is 55.0 Å². The Kier molecular flexibility index (Phi) is 4.95. The summed E-state index contributed by atoms with van der Waals surface area (Å²) in [5, 5.41) is 1.27. The molecule has 3 aromatic rings. The summed E-state index contributed by atoms with van der Waals surface area (Å²) in [7, 11) is 4.12. The van der Waals surface area contributed by atoms with Crippen molar-refractivity contribution in [1.29, 1.82) is 0 Å². The van der Waals surface area contributed by atoms with E-state index in [0.29, 0.717) is 0 Å². The van der Waals surface area contributed by atoms with Crippen LogP contribution in [0, 0.1) is 6.92 Å². The van der Waals surface area contributed by atoms with Gasteiger partial charge in [-0.1, -0.05) is 101 Å². The van der Waals surface area contributed by atoms with Gasteiger partial charge in [-0.2, -0.15) is 0 Å². The molecule has 28 heavy (non-hydrogen) atoms. The van der Waals surface area contributed by atoms with Crippen LogP contribution in [0.5, 0.6) is 0 Å². The summed E-state index contributed by atoms with van der Waals surface area (Å²) < 4.78 is 0. The van der Waals surface area contributed by atoms with Crippen molar-refractivity contribution in [1.82, 2.24) is 0 Å². The van der Waals surface area contributed by atoms with Crippen LogP contribution in [0.3, 0.4) is 0 Å². The molecule has 0 saturated heterocycles. The van der Waals surface area contributed by atoms with Crippen molar-refractivity contribution in [3.05, 3.63) is 124 Å². The third kappa shape index (κ3) is 3.00. The van der Waals surface area contributed by atoms with Gasteiger partial charge < -0.3 is 0 Å². The fourth-order valence-electron chi connectivity index (χ4n) is 4.60. The van der Waals surface area contributed by atoms with Gasteiger partial charge in [0.1, 0.15) is 0 Å².